The number of carbonyl (C=O) groups is 1. The highest BCUT2D eigenvalue weighted by molar-refractivity contribution is 5.86. The summed E-state index contributed by atoms with van der Waals surface area (Å²) in [5, 5.41) is 0. The van der Waals surface area contributed by atoms with E-state index in [-0.39, 0.29) is 17.5 Å². The molecule has 64 valence electrons. The molecular formula is C10H12O2. The lowest BCUT2D eigenvalue weighted by Gasteiger charge is -2.28. The van der Waals surface area contributed by atoms with E-state index < -0.39 is 0 Å². The Kier molecular flexibility index (Phi) is 1.40. The third-order valence-corrected chi connectivity index (χ3v) is 2.35. The highest BCUT2D eigenvalue weighted by Crippen LogP contribution is 2.36. The van der Waals surface area contributed by atoms with Crippen LogP contribution in [0, 0.1) is 5.41 Å². The summed E-state index contributed by atoms with van der Waals surface area (Å²) in [5.74, 6) is -0.197. The first-order valence-corrected chi connectivity index (χ1v) is 4.18. The van der Waals surface area contributed by atoms with Gasteiger partial charge in [0, 0.05) is 6.08 Å². The Morgan fingerprint density at radius 1 is 1.58 bits per heavy atom. The van der Waals surface area contributed by atoms with Crippen molar-refractivity contribution in [1.29, 1.82) is 0 Å². The highest BCUT2D eigenvalue weighted by Gasteiger charge is 2.33. The summed E-state index contributed by atoms with van der Waals surface area (Å²) in [6, 6.07) is 0. The van der Waals surface area contributed by atoms with Crippen LogP contribution < -0.4 is 0 Å². The predicted molar refractivity (Wildman–Crippen MR) is 45.5 cm³/mol. The van der Waals surface area contributed by atoms with Crippen LogP contribution in [0.15, 0.2) is 23.8 Å². The Morgan fingerprint density at radius 2 is 2.33 bits per heavy atom. The molecule has 0 aromatic rings. The molecule has 0 saturated carbocycles. The van der Waals surface area contributed by atoms with Gasteiger partial charge in [0.2, 0.25) is 0 Å². The Labute approximate surface area is 71.9 Å². The molecule has 0 amide bonds. The van der Waals surface area contributed by atoms with Crippen molar-refractivity contribution in [2.45, 2.75) is 26.4 Å². The molecule has 0 aromatic heterocycles. The molecular weight excluding hydrogens is 152 g/mol. The summed E-state index contributed by atoms with van der Waals surface area (Å²) in [4.78, 5) is 10.9. The predicted octanol–water partition coefficient (Wildman–Crippen LogP) is 1.82. The third kappa shape index (κ3) is 1.17. The van der Waals surface area contributed by atoms with Crippen molar-refractivity contribution >= 4 is 5.97 Å². The van der Waals surface area contributed by atoms with Gasteiger partial charge in [-0.05, 0) is 17.4 Å². The summed E-state index contributed by atoms with van der Waals surface area (Å²) in [5.41, 5.74) is 1.19. The van der Waals surface area contributed by atoms with Gasteiger partial charge in [0.1, 0.15) is 6.10 Å². The van der Waals surface area contributed by atoms with Crippen LogP contribution in [0.3, 0.4) is 0 Å². The fourth-order valence-corrected chi connectivity index (χ4v) is 1.65. The maximum absolute atomic E-state index is 10.9. The highest BCUT2D eigenvalue weighted by atomic mass is 16.5. The Bertz CT molecular complexity index is 284. The summed E-state index contributed by atoms with van der Waals surface area (Å²) < 4.78 is 5.12. The topological polar surface area (TPSA) is 26.3 Å². The van der Waals surface area contributed by atoms with Gasteiger partial charge in [0.15, 0.2) is 0 Å². The molecule has 2 nitrogen and oxygen atoms in total. The van der Waals surface area contributed by atoms with Crippen molar-refractivity contribution in [2.24, 2.45) is 5.41 Å². The summed E-state index contributed by atoms with van der Waals surface area (Å²) in [6.07, 6.45) is 6.63. The lowest BCUT2D eigenvalue weighted by molar-refractivity contribution is -0.139. The monoisotopic (exact) mass is 164 g/mol. The van der Waals surface area contributed by atoms with Gasteiger partial charge in [-0.1, -0.05) is 26.0 Å². The minimum atomic E-state index is -0.197. The normalized spacial score (nSPS) is 31.0. The Morgan fingerprint density at radius 3 is 3.08 bits per heavy atom. The van der Waals surface area contributed by atoms with Gasteiger partial charge < -0.3 is 4.74 Å². The SMILES string of the molecule is CC1(C)C=CC2=CC(=O)OC2C1. The van der Waals surface area contributed by atoms with Crippen LogP contribution in [0.4, 0.5) is 0 Å². The maximum atomic E-state index is 10.9. The van der Waals surface area contributed by atoms with Gasteiger partial charge in [0.05, 0.1) is 0 Å². The van der Waals surface area contributed by atoms with Gasteiger partial charge in [-0.2, -0.15) is 0 Å². The van der Waals surface area contributed by atoms with E-state index in [9.17, 15) is 4.79 Å². The van der Waals surface area contributed by atoms with Gasteiger partial charge in [-0.25, -0.2) is 4.79 Å². The van der Waals surface area contributed by atoms with Gasteiger partial charge in [-0.3, -0.25) is 0 Å². The van der Waals surface area contributed by atoms with E-state index >= 15 is 0 Å². The van der Waals surface area contributed by atoms with E-state index in [4.69, 9.17) is 4.74 Å². The van der Waals surface area contributed by atoms with Crippen LogP contribution in [-0.2, 0) is 9.53 Å². The molecule has 2 aliphatic rings. The summed E-state index contributed by atoms with van der Waals surface area (Å²) >= 11 is 0. The first kappa shape index (κ1) is 7.59. The smallest absolute Gasteiger partial charge is 0.331 e. The maximum Gasteiger partial charge on any atom is 0.331 e. The minimum absolute atomic E-state index is 0.0116. The molecule has 0 bridgehead atoms. The number of fused-ring (bicyclic) bond motifs is 1. The van der Waals surface area contributed by atoms with E-state index in [0.717, 1.165) is 12.0 Å². The van der Waals surface area contributed by atoms with E-state index in [1.807, 2.05) is 6.08 Å². The van der Waals surface area contributed by atoms with Crippen molar-refractivity contribution in [3.63, 3.8) is 0 Å². The second kappa shape index (κ2) is 2.22. The molecule has 0 spiro atoms. The van der Waals surface area contributed by atoms with Crippen LogP contribution in [0.1, 0.15) is 20.3 Å². The number of hydrogen-bond acceptors (Lipinski definition) is 2. The molecule has 1 aliphatic carbocycles. The van der Waals surface area contributed by atoms with Gasteiger partial charge in [-0.15, -0.1) is 0 Å². The molecule has 1 atom stereocenters. The third-order valence-electron chi connectivity index (χ3n) is 2.35. The molecule has 1 heterocycles. The van der Waals surface area contributed by atoms with Crippen LogP contribution >= 0.6 is 0 Å². The Balaban J connectivity index is 2.28. The fourth-order valence-electron chi connectivity index (χ4n) is 1.65. The number of hydrogen-bond donors (Lipinski definition) is 0. The van der Waals surface area contributed by atoms with Crippen LogP contribution in [0.2, 0.25) is 0 Å². The quantitative estimate of drug-likeness (QED) is 0.510. The molecule has 2 heteroatoms. The van der Waals surface area contributed by atoms with Crippen molar-refractivity contribution in [1.82, 2.24) is 0 Å². The van der Waals surface area contributed by atoms with Crippen molar-refractivity contribution in [3.8, 4) is 0 Å². The molecule has 1 unspecified atom stereocenters. The first-order valence-electron chi connectivity index (χ1n) is 4.18. The fraction of sp³-hybridized carbons (Fsp3) is 0.500. The van der Waals surface area contributed by atoms with Crippen molar-refractivity contribution < 1.29 is 9.53 Å². The molecule has 0 aromatic carbocycles. The van der Waals surface area contributed by atoms with Gasteiger partial charge >= 0.3 is 5.97 Å². The van der Waals surface area contributed by atoms with Crippen LogP contribution in [0.5, 0.6) is 0 Å². The zero-order valence-corrected chi connectivity index (χ0v) is 7.33. The molecule has 0 radical (unpaired) electrons. The van der Waals surface area contributed by atoms with E-state index in [2.05, 4.69) is 19.9 Å². The zero-order valence-electron chi connectivity index (χ0n) is 7.33. The average molecular weight is 164 g/mol. The lowest BCUT2D eigenvalue weighted by Crippen LogP contribution is -2.24. The molecule has 0 N–H and O–H groups in total. The number of rotatable bonds is 0. The number of allylic oxidation sites excluding steroid dienone is 1. The van der Waals surface area contributed by atoms with Crippen molar-refractivity contribution in [2.75, 3.05) is 0 Å². The number of ether oxygens (including phenoxy) is 1. The Hall–Kier alpha value is -1.05. The van der Waals surface area contributed by atoms with E-state index in [0.29, 0.717) is 0 Å². The summed E-state index contributed by atoms with van der Waals surface area (Å²) in [6.45, 7) is 4.29. The summed E-state index contributed by atoms with van der Waals surface area (Å²) in [7, 11) is 0. The van der Waals surface area contributed by atoms with E-state index in [1.165, 1.54) is 0 Å². The molecule has 0 fully saturated rings. The molecule has 0 saturated heterocycles. The average Bonchev–Trinajstić information content (AvgIpc) is 2.26. The zero-order chi connectivity index (χ0) is 8.77. The molecule has 12 heavy (non-hydrogen) atoms. The standard InChI is InChI=1S/C10H12O2/c1-10(2)4-3-7-5-9(11)12-8(7)6-10/h3-5,8H,6H2,1-2H3. The minimum Gasteiger partial charge on any atom is -0.454 e. The number of esters is 1. The second-order valence-electron chi connectivity index (χ2n) is 4.10. The molecule has 1 aliphatic heterocycles. The van der Waals surface area contributed by atoms with E-state index in [1.54, 1.807) is 6.08 Å². The second-order valence-corrected chi connectivity index (χ2v) is 4.10. The van der Waals surface area contributed by atoms with Crippen LogP contribution in [-0.4, -0.2) is 12.1 Å². The largest absolute Gasteiger partial charge is 0.454 e. The lowest BCUT2D eigenvalue weighted by atomic mass is 9.80. The molecule has 2 rings (SSSR count). The van der Waals surface area contributed by atoms with Crippen LogP contribution in [0.25, 0.3) is 0 Å². The van der Waals surface area contributed by atoms with Crippen molar-refractivity contribution in [3.05, 3.63) is 23.8 Å². The number of carbonyl (C=O) groups excluding carboxylic acids is 1. The first-order chi connectivity index (χ1) is 5.57. The van der Waals surface area contributed by atoms with Gasteiger partial charge in [0.25, 0.3) is 0 Å².